The number of benzene rings is 2. The molecule has 104 valence electrons. The third-order valence-corrected chi connectivity index (χ3v) is 3.62. The molecular weight excluding hydrogens is 316 g/mol. The normalized spacial score (nSPS) is 10.3. The first-order valence-corrected chi connectivity index (χ1v) is 7.75. The molecule has 0 amide bonds. The average Bonchev–Trinajstić information content (AvgIpc) is 2.52. The van der Waals surface area contributed by atoms with Crippen LogP contribution in [0.4, 0.5) is 0 Å². The van der Waals surface area contributed by atoms with E-state index in [1.165, 1.54) is 5.56 Å². The molecule has 0 N–H and O–H groups in total. The minimum Gasteiger partial charge on any atom is -0.488 e. The van der Waals surface area contributed by atoms with Crippen LogP contribution in [-0.2, 0) is 13.0 Å². The summed E-state index contributed by atoms with van der Waals surface area (Å²) in [6, 6.07) is 15.7. The van der Waals surface area contributed by atoms with Gasteiger partial charge in [-0.05, 0) is 29.7 Å². The van der Waals surface area contributed by atoms with Gasteiger partial charge in [0.2, 0.25) is 0 Å². The van der Waals surface area contributed by atoms with E-state index in [4.69, 9.17) is 4.74 Å². The van der Waals surface area contributed by atoms with Crippen molar-refractivity contribution in [2.24, 2.45) is 0 Å². The Balaban J connectivity index is 2.21. The van der Waals surface area contributed by atoms with Gasteiger partial charge in [0.1, 0.15) is 12.4 Å². The Morgan fingerprint density at radius 1 is 1.10 bits per heavy atom. The zero-order chi connectivity index (χ0) is 14.4. The molecule has 0 radical (unpaired) electrons. The molecule has 2 rings (SSSR count). The third kappa shape index (κ3) is 3.70. The monoisotopic (exact) mass is 332 g/mol. The van der Waals surface area contributed by atoms with E-state index in [9.17, 15) is 4.79 Å². The molecule has 2 aromatic rings. The lowest BCUT2D eigenvalue weighted by atomic mass is 10.1. The van der Waals surface area contributed by atoms with Crippen LogP contribution in [0.5, 0.6) is 5.75 Å². The fraction of sp³-hybridized carbons (Fsp3) is 0.235. The number of carbonyl (C=O) groups excluding carboxylic acids is 1. The molecule has 2 aromatic carbocycles. The predicted octanol–water partition coefficient (Wildman–Crippen LogP) is 4.41. The number of hydrogen-bond donors (Lipinski definition) is 0. The van der Waals surface area contributed by atoms with Gasteiger partial charge in [-0.3, -0.25) is 4.79 Å². The summed E-state index contributed by atoms with van der Waals surface area (Å²) in [5, 5.41) is 0.306. The summed E-state index contributed by atoms with van der Waals surface area (Å²) in [6.45, 7) is 2.55. The number of ketones is 1. The zero-order valence-electron chi connectivity index (χ0n) is 11.4. The van der Waals surface area contributed by atoms with Crippen LogP contribution < -0.4 is 4.74 Å². The number of hydrogen-bond acceptors (Lipinski definition) is 2. The maximum Gasteiger partial charge on any atom is 0.177 e. The molecule has 0 bridgehead atoms. The first-order chi connectivity index (χ1) is 9.74. The zero-order valence-corrected chi connectivity index (χ0v) is 13.0. The van der Waals surface area contributed by atoms with E-state index in [1.807, 2.05) is 48.5 Å². The number of halogens is 1. The number of alkyl halides is 1. The lowest BCUT2D eigenvalue weighted by molar-refractivity contribution is 0.101. The van der Waals surface area contributed by atoms with Crippen molar-refractivity contribution in [1.29, 1.82) is 0 Å². The van der Waals surface area contributed by atoms with Gasteiger partial charge in [-0.1, -0.05) is 59.3 Å². The number of ether oxygens (including phenoxy) is 1. The molecular formula is C17H17BrO2. The van der Waals surface area contributed by atoms with Gasteiger partial charge in [0.25, 0.3) is 0 Å². The molecule has 0 unspecified atom stereocenters. The van der Waals surface area contributed by atoms with Gasteiger partial charge < -0.3 is 4.74 Å². The summed E-state index contributed by atoms with van der Waals surface area (Å²) in [7, 11) is 0. The summed E-state index contributed by atoms with van der Waals surface area (Å²) < 4.78 is 5.85. The second-order valence-electron chi connectivity index (χ2n) is 4.52. The SMILES string of the molecule is CCc1ccc(C(=O)CBr)c(OCc2ccccc2)c1. The van der Waals surface area contributed by atoms with E-state index in [-0.39, 0.29) is 5.78 Å². The summed E-state index contributed by atoms with van der Waals surface area (Å²) >= 11 is 3.21. The smallest absolute Gasteiger partial charge is 0.177 e. The standard InChI is InChI=1S/C17H17BrO2/c1-2-13-8-9-15(16(19)11-18)17(10-13)20-12-14-6-4-3-5-7-14/h3-10H,2,11-12H2,1H3. The van der Waals surface area contributed by atoms with Gasteiger partial charge in [0.05, 0.1) is 10.9 Å². The van der Waals surface area contributed by atoms with Crippen LogP contribution in [0.3, 0.4) is 0 Å². The molecule has 0 aliphatic rings. The first-order valence-electron chi connectivity index (χ1n) is 6.63. The summed E-state index contributed by atoms with van der Waals surface area (Å²) in [6.07, 6.45) is 0.921. The van der Waals surface area contributed by atoms with Crippen LogP contribution >= 0.6 is 15.9 Å². The van der Waals surface area contributed by atoms with E-state index >= 15 is 0 Å². The molecule has 0 spiro atoms. The second-order valence-corrected chi connectivity index (χ2v) is 5.08. The Morgan fingerprint density at radius 3 is 2.50 bits per heavy atom. The van der Waals surface area contributed by atoms with Crippen molar-refractivity contribution in [3.63, 3.8) is 0 Å². The highest BCUT2D eigenvalue weighted by Gasteiger charge is 2.12. The maximum atomic E-state index is 11.9. The van der Waals surface area contributed by atoms with Crippen LogP contribution in [0.25, 0.3) is 0 Å². The van der Waals surface area contributed by atoms with E-state index in [2.05, 4.69) is 22.9 Å². The quantitative estimate of drug-likeness (QED) is 0.578. The minimum absolute atomic E-state index is 0.0377. The highest BCUT2D eigenvalue weighted by atomic mass is 79.9. The molecule has 0 saturated heterocycles. The van der Waals surface area contributed by atoms with Crippen molar-refractivity contribution < 1.29 is 9.53 Å². The lowest BCUT2D eigenvalue weighted by Crippen LogP contribution is -2.06. The summed E-state index contributed by atoms with van der Waals surface area (Å²) in [5.74, 6) is 0.702. The molecule has 0 heterocycles. The van der Waals surface area contributed by atoms with Gasteiger partial charge in [-0.2, -0.15) is 0 Å². The Labute approximate surface area is 127 Å². The minimum atomic E-state index is 0.0377. The molecule has 0 fully saturated rings. The summed E-state index contributed by atoms with van der Waals surface area (Å²) in [5.41, 5.74) is 2.89. The summed E-state index contributed by atoms with van der Waals surface area (Å²) in [4.78, 5) is 11.9. The van der Waals surface area contributed by atoms with Crippen molar-refractivity contribution >= 4 is 21.7 Å². The van der Waals surface area contributed by atoms with E-state index in [1.54, 1.807) is 0 Å². The molecule has 0 atom stereocenters. The largest absolute Gasteiger partial charge is 0.488 e. The fourth-order valence-corrected chi connectivity index (χ4v) is 2.25. The van der Waals surface area contributed by atoms with Gasteiger partial charge in [-0.15, -0.1) is 0 Å². The van der Waals surface area contributed by atoms with Crippen LogP contribution in [0, 0.1) is 0 Å². The number of Topliss-reactive ketones (excluding diaryl/α,β-unsaturated/α-hetero) is 1. The second kappa shape index (κ2) is 7.25. The number of rotatable bonds is 6. The van der Waals surface area contributed by atoms with E-state index in [0.717, 1.165) is 12.0 Å². The maximum absolute atomic E-state index is 11.9. The van der Waals surface area contributed by atoms with Crippen LogP contribution in [-0.4, -0.2) is 11.1 Å². The highest BCUT2D eigenvalue weighted by Crippen LogP contribution is 2.23. The first kappa shape index (κ1) is 14.8. The number of carbonyl (C=O) groups is 1. The van der Waals surface area contributed by atoms with Gasteiger partial charge in [0.15, 0.2) is 5.78 Å². The Morgan fingerprint density at radius 2 is 1.85 bits per heavy atom. The van der Waals surface area contributed by atoms with Crippen molar-refractivity contribution in [2.75, 3.05) is 5.33 Å². The van der Waals surface area contributed by atoms with Crippen molar-refractivity contribution in [2.45, 2.75) is 20.0 Å². The van der Waals surface area contributed by atoms with Crippen LogP contribution in [0.2, 0.25) is 0 Å². The molecule has 0 aromatic heterocycles. The third-order valence-electron chi connectivity index (χ3n) is 3.11. The van der Waals surface area contributed by atoms with Crippen LogP contribution in [0.1, 0.15) is 28.4 Å². The van der Waals surface area contributed by atoms with Gasteiger partial charge >= 0.3 is 0 Å². The molecule has 0 aliphatic heterocycles. The highest BCUT2D eigenvalue weighted by molar-refractivity contribution is 9.09. The number of aryl methyl sites for hydroxylation is 1. The fourth-order valence-electron chi connectivity index (χ4n) is 1.94. The molecule has 20 heavy (non-hydrogen) atoms. The Kier molecular flexibility index (Phi) is 5.36. The predicted molar refractivity (Wildman–Crippen MR) is 84.7 cm³/mol. The van der Waals surface area contributed by atoms with Gasteiger partial charge in [0, 0.05) is 0 Å². The van der Waals surface area contributed by atoms with E-state index in [0.29, 0.717) is 23.2 Å². The van der Waals surface area contributed by atoms with Crippen molar-refractivity contribution in [3.8, 4) is 5.75 Å². The molecule has 0 aliphatic carbocycles. The lowest BCUT2D eigenvalue weighted by Gasteiger charge is -2.12. The van der Waals surface area contributed by atoms with Crippen LogP contribution in [0.15, 0.2) is 48.5 Å². The van der Waals surface area contributed by atoms with Gasteiger partial charge in [-0.25, -0.2) is 0 Å². The molecule has 0 saturated carbocycles. The van der Waals surface area contributed by atoms with Crippen molar-refractivity contribution in [1.82, 2.24) is 0 Å². The Hall–Kier alpha value is -1.61. The van der Waals surface area contributed by atoms with Crippen molar-refractivity contribution in [3.05, 3.63) is 65.2 Å². The Bertz CT molecular complexity index is 579. The molecule has 2 nitrogen and oxygen atoms in total. The van der Waals surface area contributed by atoms with E-state index < -0.39 is 0 Å². The average molecular weight is 333 g/mol. The topological polar surface area (TPSA) is 26.3 Å². The molecule has 3 heteroatoms.